The lowest BCUT2D eigenvalue weighted by atomic mass is 10.1. The fourth-order valence-electron chi connectivity index (χ4n) is 2.21. The molecule has 4 nitrogen and oxygen atoms in total. The number of benzene rings is 1. The first-order chi connectivity index (χ1) is 8.79. The number of hydrogen-bond acceptors (Lipinski definition) is 3. The highest BCUT2D eigenvalue weighted by Gasteiger charge is 2.10. The molecule has 2 rings (SSSR count). The number of nitrogens with zero attached hydrogens (tertiary/aromatic N) is 1. The van der Waals surface area contributed by atoms with Crippen molar-refractivity contribution >= 4 is 17.3 Å². The summed E-state index contributed by atoms with van der Waals surface area (Å²) >= 11 is 0. The van der Waals surface area contributed by atoms with E-state index in [9.17, 15) is 4.79 Å². The fraction of sp³-hybridized carbons (Fsp3) is 0.500. The zero-order valence-corrected chi connectivity index (χ0v) is 10.9. The molecule has 1 heterocycles. The van der Waals surface area contributed by atoms with Crippen LogP contribution < -0.4 is 15.5 Å². The molecular weight excluding hydrogens is 226 g/mol. The third kappa shape index (κ3) is 3.39. The van der Waals surface area contributed by atoms with Gasteiger partial charge in [-0.3, -0.25) is 4.79 Å². The number of nitrogens with one attached hydrogen (secondary N) is 2. The lowest BCUT2D eigenvalue weighted by Gasteiger charge is -2.28. The molecule has 0 spiro atoms. The highest BCUT2D eigenvalue weighted by atomic mass is 16.1. The molecule has 1 amide bonds. The zero-order valence-electron chi connectivity index (χ0n) is 10.9. The van der Waals surface area contributed by atoms with E-state index in [4.69, 9.17) is 0 Å². The van der Waals surface area contributed by atoms with Gasteiger partial charge in [-0.2, -0.15) is 0 Å². The molecule has 1 aromatic rings. The standard InChI is InChI=1S/C14H21N3O/c1-15-14(18)11-16-12-5-7-13(8-6-12)17-9-3-2-4-10-17/h5-8,16H,2-4,9-11H2,1H3,(H,15,18). The Balaban J connectivity index is 1.90. The van der Waals surface area contributed by atoms with Gasteiger partial charge in [0.25, 0.3) is 0 Å². The Kier molecular flexibility index (Phi) is 4.45. The molecular formula is C14H21N3O. The lowest BCUT2D eigenvalue weighted by Crippen LogP contribution is -2.29. The number of carbonyl (C=O) groups is 1. The number of likely N-dealkylation sites (N-methyl/N-ethyl adjacent to an activating group) is 1. The molecule has 0 radical (unpaired) electrons. The number of amides is 1. The third-order valence-corrected chi connectivity index (χ3v) is 3.32. The van der Waals surface area contributed by atoms with Crippen molar-refractivity contribution in [1.82, 2.24) is 5.32 Å². The molecule has 4 heteroatoms. The van der Waals surface area contributed by atoms with Gasteiger partial charge in [0, 0.05) is 31.5 Å². The minimum absolute atomic E-state index is 0.00453. The van der Waals surface area contributed by atoms with Crippen LogP contribution in [0.15, 0.2) is 24.3 Å². The summed E-state index contributed by atoms with van der Waals surface area (Å²) in [5.74, 6) is -0.00453. The van der Waals surface area contributed by atoms with E-state index in [1.54, 1.807) is 7.05 Å². The average Bonchev–Trinajstić information content (AvgIpc) is 2.46. The number of anilines is 2. The van der Waals surface area contributed by atoms with Crippen LogP contribution >= 0.6 is 0 Å². The molecule has 0 saturated carbocycles. The summed E-state index contributed by atoms with van der Waals surface area (Å²) in [6.07, 6.45) is 3.93. The summed E-state index contributed by atoms with van der Waals surface area (Å²) in [6, 6.07) is 8.31. The normalized spacial score (nSPS) is 15.3. The smallest absolute Gasteiger partial charge is 0.239 e. The van der Waals surface area contributed by atoms with E-state index in [0.29, 0.717) is 6.54 Å². The number of carbonyl (C=O) groups excluding carboxylic acids is 1. The van der Waals surface area contributed by atoms with E-state index >= 15 is 0 Å². The van der Waals surface area contributed by atoms with Crippen molar-refractivity contribution < 1.29 is 4.79 Å². The molecule has 0 atom stereocenters. The highest BCUT2D eigenvalue weighted by Crippen LogP contribution is 2.21. The molecule has 1 aliphatic heterocycles. The first-order valence-corrected chi connectivity index (χ1v) is 6.59. The van der Waals surface area contributed by atoms with Crippen molar-refractivity contribution in [2.45, 2.75) is 19.3 Å². The SMILES string of the molecule is CNC(=O)CNc1ccc(N2CCCCC2)cc1. The lowest BCUT2D eigenvalue weighted by molar-refractivity contribution is -0.118. The molecule has 1 aromatic carbocycles. The molecule has 1 fully saturated rings. The van der Waals surface area contributed by atoms with Gasteiger partial charge in [-0.05, 0) is 43.5 Å². The molecule has 1 aliphatic rings. The van der Waals surface area contributed by atoms with Crippen molar-refractivity contribution in [3.63, 3.8) is 0 Å². The predicted molar refractivity (Wildman–Crippen MR) is 75.1 cm³/mol. The van der Waals surface area contributed by atoms with Crippen molar-refractivity contribution in [1.29, 1.82) is 0 Å². The Morgan fingerprint density at radius 3 is 2.44 bits per heavy atom. The van der Waals surface area contributed by atoms with Crippen LogP contribution in [0.25, 0.3) is 0 Å². The van der Waals surface area contributed by atoms with Crippen LogP contribution in [0.3, 0.4) is 0 Å². The monoisotopic (exact) mass is 247 g/mol. The molecule has 2 N–H and O–H groups in total. The summed E-state index contributed by atoms with van der Waals surface area (Å²) in [4.78, 5) is 13.5. The number of hydrogen-bond donors (Lipinski definition) is 2. The van der Waals surface area contributed by atoms with E-state index in [0.717, 1.165) is 18.8 Å². The van der Waals surface area contributed by atoms with Crippen LogP contribution in [-0.2, 0) is 4.79 Å². The predicted octanol–water partition coefficient (Wildman–Crippen LogP) is 1.83. The number of piperidine rings is 1. The zero-order chi connectivity index (χ0) is 12.8. The average molecular weight is 247 g/mol. The van der Waals surface area contributed by atoms with Crippen molar-refractivity contribution in [2.24, 2.45) is 0 Å². The second-order valence-corrected chi connectivity index (χ2v) is 4.62. The van der Waals surface area contributed by atoms with E-state index in [-0.39, 0.29) is 5.91 Å². The van der Waals surface area contributed by atoms with Crippen LogP contribution in [0.4, 0.5) is 11.4 Å². The largest absolute Gasteiger partial charge is 0.376 e. The van der Waals surface area contributed by atoms with E-state index in [2.05, 4.69) is 27.7 Å². The molecule has 18 heavy (non-hydrogen) atoms. The van der Waals surface area contributed by atoms with Gasteiger partial charge in [-0.15, -0.1) is 0 Å². The van der Waals surface area contributed by atoms with Crippen molar-refractivity contribution in [3.05, 3.63) is 24.3 Å². The molecule has 0 unspecified atom stereocenters. The second kappa shape index (κ2) is 6.28. The highest BCUT2D eigenvalue weighted by molar-refractivity contribution is 5.80. The van der Waals surface area contributed by atoms with Gasteiger partial charge < -0.3 is 15.5 Å². The first kappa shape index (κ1) is 12.7. The summed E-state index contributed by atoms with van der Waals surface area (Å²) in [7, 11) is 1.64. The van der Waals surface area contributed by atoms with Crippen molar-refractivity contribution in [3.8, 4) is 0 Å². The van der Waals surface area contributed by atoms with E-state index < -0.39 is 0 Å². The van der Waals surface area contributed by atoms with E-state index in [1.807, 2.05) is 12.1 Å². The minimum Gasteiger partial charge on any atom is -0.376 e. The van der Waals surface area contributed by atoms with Gasteiger partial charge in [0.15, 0.2) is 0 Å². The first-order valence-electron chi connectivity index (χ1n) is 6.59. The molecule has 1 saturated heterocycles. The van der Waals surface area contributed by atoms with Gasteiger partial charge in [-0.1, -0.05) is 0 Å². The Labute approximate surface area is 108 Å². The maximum absolute atomic E-state index is 11.1. The van der Waals surface area contributed by atoms with Crippen LogP contribution in [0.5, 0.6) is 0 Å². The Morgan fingerprint density at radius 1 is 1.17 bits per heavy atom. The molecule has 0 bridgehead atoms. The third-order valence-electron chi connectivity index (χ3n) is 3.32. The maximum Gasteiger partial charge on any atom is 0.239 e. The van der Waals surface area contributed by atoms with Crippen molar-refractivity contribution in [2.75, 3.05) is 36.9 Å². The van der Waals surface area contributed by atoms with Crippen LogP contribution in [-0.4, -0.2) is 32.6 Å². The van der Waals surface area contributed by atoms with Crippen LogP contribution in [0, 0.1) is 0 Å². The van der Waals surface area contributed by atoms with E-state index in [1.165, 1.54) is 24.9 Å². The Morgan fingerprint density at radius 2 is 1.83 bits per heavy atom. The topological polar surface area (TPSA) is 44.4 Å². The van der Waals surface area contributed by atoms with Crippen LogP contribution in [0.2, 0.25) is 0 Å². The van der Waals surface area contributed by atoms with Crippen LogP contribution in [0.1, 0.15) is 19.3 Å². The Bertz CT molecular complexity index is 383. The van der Waals surface area contributed by atoms with Gasteiger partial charge in [0.2, 0.25) is 5.91 Å². The molecule has 0 aromatic heterocycles. The van der Waals surface area contributed by atoms with Gasteiger partial charge in [-0.25, -0.2) is 0 Å². The van der Waals surface area contributed by atoms with Gasteiger partial charge in [0.05, 0.1) is 6.54 Å². The summed E-state index contributed by atoms with van der Waals surface area (Å²) in [5, 5.41) is 5.68. The Hall–Kier alpha value is -1.71. The summed E-state index contributed by atoms with van der Waals surface area (Å²) in [6.45, 7) is 2.63. The molecule has 98 valence electrons. The minimum atomic E-state index is -0.00453. The second-order valence-electron chi connectivity index (χ2n) is 4.62. The van der Waals surface area contributed by atoms with Gasteiger partial charge >= 0.3 is 0 Å². The maximum atomic E-state index is 11.1. The number of rotatable bonds is 4. The summed E-state index contributed by atoms with van der Waals surface area (Å²) < 4.78 is 0. The van der Waals surface area contributed by atoms with Gasteiger partial charge in [0.1, 0.15) is 0 Å². The quantitative estimate of drug-likeness (QED) is 0.853. The fourth-order valence-corrected chi connectivity index (χ4v) is 2.21. The summed E-state index contributed by atoms with van der Waals surface area (Å²) in [5.41, 5.74) is 2.26. The molecule has 0 aliphatic carbocycles.